The molecular formula is C19H26FNO2. The van der Waals surface area contributed by atoms with Crippen LogP contribution in [0.15, 0.2) is 24.3 Å². The van der Waals surface area contributed by atoms with Crippen LogP contribution in [0.25, 0.3) is 0 Å². The first-order valence-corrected chi connectivity index (χ1v) is 8.82. The number of aliphatic hydroxyl groups is 1. The van der Waals surface area contributed by atoms with Crippen molar-refractivity contribution in [2.24, 2.45) is 5.92 Å². The normalized spacial score (nSPS) is 26.9. The SMILES string of the molecule is O=C(NC1CCC(CO)CC1)C1(c2cccc(F)c2)CCCC1. The van der Waals surface area contributed by atoms with E-state index in [0.717, 1.165) is 56.9 Å². The van der Waals surface area contributed by atoms with E-state index in [9.17, 15) is 14.3 Å². The van der Waals surface area contributed by atoms with E-state index in [0.29, 0.717) is 5.92 Å². The summed E-state index contributed by atoms with van der Waals surface area (Å²) in [6.07, 6.45) is 7.42. The van der Waals surface area contributed by atoms with Gasteiger partial charge in [0, 0.05) is 12.6 Å². The highest BCUT2D eigenvalue weighted by Crippen LogP contribution is 2.42. The largest absolute Gasteiger partial charge is 0.396 e. The average molecular weight is 319 g/mol. The molecule has 0 aliphatic heterocycles. The van der Waals surface area contributed by atoms with Crippen LogP contribution in [-0.2, 0) is 10.2 Å². The summed E-state index contributed by atoms with van der Waals surface area (Å²) in [6.45, 7) is 0.244. The summed E-state index contributed by atoms with van der Waals surface area (Å²) in [7, 11) is 0. The minimum absolute atomic E-state index is 0.0630. The van der Waals surface area contributed by atoms with E-state index in [1.165, 1.54) is 12.1 Å². The molecule has 3 nitrogen and oxygen atoms in total. The van der Waals surface area contributed by atoms with Crippen molar-refractivity contribution in [3.63, 3.8) is 0 Å². The highest BCUT2D eigenvalue weighted by molar-refractivity contribution is 5.88. The Bertz CT molecular complexity index is 546. The molecule has 2 aliphatic carbocycles. The molecule has 0 unspecified atom stereocenters. The van der Waals surface area contributed by atoms with Crippen molar-refractivity contribution in [3.8, 4) is 0 Å². The van der Waals surface area contributed by atoms with Gasteiger partial charge in [-0.3, -0.25) is 4.79 Å². The number of rotatable bonds is 4. The molecule has 4 heteroatoms. The van der Waals surface area contributed by atoms with Gasteiger partial charge >= 0.3 is 0 Å². The number of hydrogen-bond acceptors (Lipinski definition) is 2. The third-order valence-electron chi connectivity index (χ3n) is 5.71. The zero-order valence-corrected chi connectivity index (χ0v) is 13.6. The second-order valence-electron chi connectivity index (χ2n) is 7.17. The van der Waals surface area contributed by atoms with Crippen LogP contribution in [-0.4, -0.2) is 23.7 Å². The fourth-order valence-corrected chi connectivity index (χ4v) is 4.22. The highest BCUT2D eigenvalue weighted by Gasteiger charge is 2.43. The molecule has 0 radical (unpaired) electrons. The zero-order valence-electron chi connectivity index (χ0n) is 13.6. The van der Waals surface area contributed by atoms with Gasteiger partial charge in [-0.15, -0.1) is 0 Å². The van der Waals surface area contributed by atoms with Crippen LogP contribution in [0.2, 0.25) is 0 Å². The van der Waals surface area contributed by atoms with Crippen molar-refractivity contribution in [3.05, 3.63) is 35.6 Å². The summed E-state index contributed by atoms with van der Waals surface area (Å²) in [5.41, 5.74) is 0.257. The van der Waals surface area contributed by atoms with E-state index in [-0.39, 0.29) is 24.4 Å². The number of aliphatic hydroxyl groups excluding tert-OH is 1. The summed E-state index contributed by atoms with van der Waals surface area (Å²) < 4.78 is 13.6. The minimum atomic E-state index is -0.560. The molecule has 0 spiro atoms. The molecule has 0 bridgehead atoms. The lowest BCUT2D eigenvalue weighted by Crippen LogP contribution is -2.48. The van der Waals surface area contributed by atoms with E-state index in [1.54, 1.807) is 6.07 Å². The molecule has 2 aliphatic rings. The number of amides is 1. The maximum atomic E-state index is 13.6. The van der Waals surface area contributed by atoms with Crippen molar-refractivity contribution in [2.75, 3.05) is 6.61 Å². The van der Waals surface area contributed by atoms with E-state index >= 15 is 0 Å². The van der Waals surface area contributed by atoms with E-state index < -0.39 is 5.41 Å². The topological polar surface area (TPSA) is 49.3 Å². The monoisotopic (exact) mass is 319 g/mol. The first kappa shape index (κ1) is 16.4. The molecule has 0 aromatic heterocycles. The number of nitrogens with one attached hydrogen (secondary N) is 1. The number of benzene rings is 1. The molecule has 0 heterocycles. The Morgan fingerprint density at radius 3 is 2.52 bits per heavy atom. The Kier molecular flexibility index (Phi) is 5.00. The van der Waals surface area contributed by atoms with E-state index in [2.05, 4.69) is 5.32 Å². The third kappa shape index (κ3) is 3.42. The predicted octanol–water partition coefficient (Wildman–Crippen LogP) is 3.30. The summed E-state index contributed by atoms with van der Waals surface area (Å²) in [6, 6.07) is 6.73. The fourth-order valence-electron chi connectivity index (χ4n) is 4.22. The van der Waals surface area contributed by atoms with E-state index in [1.807, 2.05) is 6.07 Å². The Hall–Kier alpha value is -1.42. The van der Waals surface area contributed by atoms with Crippen molar-refractivity contribution < 1.29 is 14.3 Å². The highest BCUT2D eigenvalue weighted by atomic mass is 19.1. The summed E-state index contributed by atoms with van der Waals surface area (Å²) >= 11 is 0. The van der Waals surface area contributed by atoms with Gasteiger partial charge in [0.25, 0.3) is 0 Å². The molecule has 1 aromatic carbocycles. The first-order chi connectivity index (χ1) is 11.1. The van der Waals surface area contributed by atoms with Crippen molar-refractivity contribution in [2.45, 2.75) is 62.8 Å². The van der Waals surface area contributed by atoms with Crippen LogP contribution in [0.1, 0.15) is 56.9 Å². The molecule has 0 saturated heterocycles. The lowest BCUT2D eigenvalue weighted by molar-refractivity contribution is -0.127. The minimum Gasteiger partial charge on any atom is -0.396 e. The van der Waals surface area contributed by atoms with Crippen LogP contribution in [0.3, 0.4) is 0 Å². The Morgan fingerprint density at radius 2 is 1.91 bits per heavy atom. The van der Waals surface area contributed by atoms with Gasteiger partial charge in [0.05, 0.1) is 5.41 Å². The molecule has 23 heavy (non-hydrogen) atoms. The molecule has 1 amide bonds. The van der Waals surface area contributed by atoms with E-state index in [4.69, 9.17) is 0 Å². The van der Waals surface area contributed by atoms with Gasteiger partial charge in [0.1, 0.15) is 5.82 Å². The smallest absolute Gasteiger partial charge is 0.230 e. The molecular weight excluding hydrogens is 293 g/mol. The third-order valence-corrected chi connectivity index (χ3v) is 5.71. The lowest BCUT2D eigenvalue weighted by Gasteiger charge is -2.33. The van der Waals surface area contributed by atoms with Gasteiger partial charge in [0.15, 0.2) is 0 Å². The Balaban J connectivity index is 1.72. The number of carbonyl (C=O) groups is 1. The second-order valence-corrected chi connectivity index (χ2v) is 7.17. The standard InChI is InChI=1S/C19H26FNO2/c20-16-5-3-4-15(12-16)19(10-1-2-11-19)18(23)21-17-8-6-14(13-22)7-9-17/h3-5,12,14,17,22H,1-2,6-11,13H2,(H,21,23). The van der Waals surface area contributed by atoms with Gasteiger partial charge in [0.2, 0.25) is 5.91 Å². The Morgan fingerprint density at radius 1 is 1.22 bits per heavy atom. The summed E-state index contributed by atoms with van der Waals surface area (Å²) in [5.74, 6) is 0.171. The van der Waals surface area contributed by atoms with Crippen molar-refractivity contribution >= 4 is 5.91 Å². The molecule has 2 N–H and O–H groups in total. The summed E-state index contributed by atoms with van der Waals surface area (Å²) in [4.78, 5) is 13.0. The van der Waals surface area contributed by atoms with Crippen LogP contribution in [0, 0.1) is 11.7 Å². The number of carbonyl (C=O) groups excluding carboxylic acids is 1. The lowest BCUT2D eigenvalue weighted by atomic mass is 9.77. The average Bonchev–Trinajstić information content (AvgIpc) is 3.06. The predicted molar refractivity (Wildman–Crippen MR) is 87.5 cm³/mol. The van der Waals surface area contributed by atoms with Crippen LogP contribution >= 0.6 is 0 Å². The molecule has 3 rings (SSSR count). The Labute approximate surface area is 137 Å². The molecule has 0 atom stereocenters. The molecule has 126 valence electrons. The number of halogens is 1. The fraction of sp³-hybridized carbons (Fsp3) is 0.632. The number of hydrogen-bond donors (Lipinski definition) is 2. The van der Waals surface area contributed by atoms with Gasteiger partial charge < -0.3 is 10.4 Å². The maximum Gasteiger partial charge on any atom is 0.230 e. The summed E-state index contributed by atoms with van der Waals surface area (Å²) in [5, 5.41) is 12.4. The molecule has 2 fully saturated rings. The maximum absolute atomic E-state index is 13.6. The van der Waals surface area contributed by atoms with Gasteiger partial charge in [-0.25, -0.2) is 4.39 Å². The first-order valence-electron chi connectivity index (χ1n) is 8.82. The quantitative estimate of drug-likeness (QED) is 0.894. The van der Waals surface area contributed by atoms with Gasteiger partial charge in [-0.1, -0.05) is 25.0 Å². The zero-order chi connectivity index (χ0) is 16.3. The van der Waals surface area contributed by atoms with Crippen molar-refractivity contribution in [1.29, 1.82) is 0 Å². The van der Waals surface area contributed by atoms with Gasteiger partial charge in [-0.05, 0) is 62.1 Å². The van der Waals surface area contributed by atoms with Gasteiger partial charge in [-0.2, -0.15) is 0 Å². The second kappa shape index (κ2) is 7.00. The van der Waals surface area contributed by atoms with Crippen molar-refractivity contribution in [1.82, 2.24) is 5.32 Å². The van der Waals surface area contributed by atoms with Crippen LogP contribution in [0.5, 0.6) is 0 Å². The van der Waals surface area contributed by atoms with Crippen LogP contribution in [0.4, 0.5) is 4.39 Å². The van der Waals surface area contributed by atoms with Crippen LogP contribution < -0.4 is 5.32 Å². The molecule has 2 saturated carbocycles. The molecule has 1 aromatic rings.